The minimum atomic E-state index is -2.93. The topological polar surface area (TPSA) is 46.2 Å². The van der Waals surface area contributed by atoms with E-state index in [1.807, 2.05) is 0 Å². The maximum Gasteiger partial charge on any atom is 0.150 e. The fraction of sp³-hybridized carbons (Fsp3) is 0.625. The van der Waals surface area contributed by atoms with Crippen molar-refractivity contribution in [3.05, 3.63) is 35.6 Å². The molecule has 1 rings (SSSR count). The molecule has 0 aliphatic rings. The van der Waals surface area contributed by atoms with Crippen LogP contribution in [0.2, 0.25) is 0 Å². The highest BCUT2D eigenvalue weighted by atomic mass is 32.2. The lowest BCUT2D eigenvalue weighted by Gasteiger charge is -2.17. The number of rotatable bonds is 10. The predicted molar refractivity (Wildman–Crippen MR) is 85.7 cm³/mol. The third kappa shape index (κ3) is 7.58. The highest BCUT2D eigenvalue weighted by molar-refractivity contribution is 7.91. The zero-order valence-corrected chi connectivity index (χ0v) is 13.8. The molecule has 0 saturated carbocycles. The highest BCUT2D eigenvalue weighted by Gasteiger charge is 2.15. The Kier molecular flexibility index (Phi) is 7.89. The Hall–Kier alpha value is -0.940. The van der Waals surface area contributed by atoms with E-state index in [-0.39, 0.29) is 23.2 Å². The Morgan fingerprint density at radius 3 is 2.43 bits per heavy atom. The third-order valence-corrected chi connectivity index (χ3v) is 5.31. The molecule has 0 bridgehead atoms. The molecule has 0 aliphatic carbocycles. The summed E-state index contributed by atoms with van der Waals surface area (Å²) in [5.74, 6) is 0.429. The van der Waals surface area contributed by atoms with Gasteiger partial charge in [-0.2, -0.15) is 0 Å². The molecule has 1 aromatic rings. The minimum absolute atomic E-state index is 0.193. The van der Waals surface area contributed by atoms with Crippen molar-refractivity contribution in [2.24, 2.45) is 5.92 Å². The van der Waals surface area contributed by atoms with E-state index in [2.05, 4.69) is 12.2 Å². The first-order valence-corrected chi connectivity index (χ1v) is 9.44. The standard InChI is InChI=1S/C16H26FNO2S/c1-3-10-18-13-15(9-11-21(19,20)4-2)12-14-5-7-16(17)8-6-14/h5-8,15,18H,3-4,9-13H2,1-2H3. The van der Waals surface area contributed by atoms with Gasteiger partial charge in [0.2, 0.25) is 0 Å². The van der Waals surface area contributed by atoms with Crippen LogP contribution in [0.3, 0.4) is 0 Å². The SMILES string of the molecule is CCCNCC(CCS(=O)(=O)CC)Cc1ccc(F)cc1. The lowest BCUT2D eigenvalue weighted by molar-refractivity contribution is 0.458. The van der Waals surface area contributed by atoms with Crippen molar-refractivity contribution in [3.63, 3.8) is 0 Å². The predicted octanol–water partition coefficient (Wildman–Crippen LogP) is 2.81. The van der Waals surface area contributed by atoms with Crippen molar-refractivity contribution < 1.29 is 12.8 Å². The molecule has 3 nitrogen and oxygen atoms in total. The molecule has 0 radical (unpaired) electrons. The average molecular weight is 315 g/mol. The number of sulfone groups is 1. The molecule has 0 aromatic heterocycles. The quantitative estimate of drug-likeness (QED) is 0.675. The van der Waals surface area contributed by atoms with Crippen LogP contribution in [0.5, 0.6) is 0 Å². The smallest absolute Gasteiger partial charge is 0.150 e. The van der Waals surface area contributed by atoms with Crippen LogP contribution in [-0.2, 0) is 16.3 Å². The second-order valence-corrected chi connectivity index (χ2v) is 7.90. The van der Waals surface area contributed by atoms with Gasteiger partial charge in [-0.05, 0) is 56.0 Å². The van der Waals surface area contributed by atoms with E-state index >= 15 is 0 Å². The van der Waals surface area contributed by atoms with Gasteiger partial charge in [0.1, 0.15) is 15.7 Å². The molecule has 0 amide bonds. The lowest BCUT2D eigenvalue weighted by atomic mass is 9.97. The summed E-state index contributed by atoms with van der Waals surface area (Å²) >= 11 is 0. The number of hydrogen-bond donors (Lipinski definition) is 1. The van der Waals surface area contributed by atoms with E-state index in [9.17, 15) is 12.8 Å². The molecular formula is C16H26FNO2S. The molecule has 1 aromatic carbocycles. The van der Waals surface area contributed by atoms with Crippen LogP contribution in [0.25, 0.3) is 0 Å². The van der Waals surface area contributed by atoms with Gasteiger partial charge in [0.15, 0.2) is 0 Å². The summed E-state index contributed by atoms with van der Waals surface area (Å²) < 4.78 is 36.3. The minimum Gasteiger partial charge on any atom is -0.316 e. The zero-order chi connectivity index (χ0) is 15.7. The van der Waals surface area contributed by atoms with E-state index in [4.69, 9.17) is 0 Å². The van der Waals surface area contributed by atoms with Crippen LogP contribution in [0.4, 0.5) is 4.39 Å². The van der Waals surface area contributed by atoms with E-state index < -0.39 is 9.84 Å². The van der Waals surface area contributed by atoms with Gasteiger partial charge in [-0.3, -0.25) is 0 Å². The molecule has 0 saturated heterocycles. The first-order valence-electron chi connectivity index (χ1n) is 7.62. The molecule has 0 heterocycles. The number of nitrogens with one attached hydrogen (secondary N) is 1. The van der Waals surface area contributed by atoms with Crippen molar-refractivity contribution >= 4 is 9.84 Å². The van der Waals surface area contributed by atoms with Crippen LogP contribution < -0.4 is 5.32 Å². The van der Waals surface area contributed by atoms with Crippen LogP contribution >= 0.6 is 0 Å². The first-order chi connectivity index (χ1) is 9.96. The summed E-state index contributed by atoms with van der Waals surface area (Å²) in [5, 5.41) is 3.35. The van der Waals surface area contributed by atoms with Crippen LogP contribution in [-0.4, -0.2) is 33.0 Å². The highest BCUT2D eigenvalue weighted by Crippen LogP contribution is 2.14. The number of hydrogen-bond acceptors (Lipinski definition) is 3. The monoisotopic (exact) mass is 315 g/mol. The Balaban J connectivity index is 2.60. The average Bonchev–Trinajstić information content (AvgIpc) is 2.47. The maximum atomic E-state index is 12.9. The molecular weight excluding hydrogens is 289 g/mol. The summed E-state index contributed by atoms with van der Waals surface area (Å²) in [6.45, 7) is 5.51. The van der Waals surface area contributed by atoms with Crippen molar-refractivity contribution in [2.45, 2.75) is 33.1 Å². The van der Waals surface area contributed by atoms with Crippen molar-refractivity contribution in [2.75, 3.05) is 24.6 Å². The van der Waals surface area contributed by atoms with Gasteiger partial charge in [-0.15, -0.1) is 0 Å². The Morgan fingerprint density at radius 2 is 1.86 bits per heavy atom. The normalized spacial score (nSPS) is 13.3. The fourth-order valence-electron chi connectivity index (χ4n) is 2.20. The Bertz CT molecular complexity index is 500. The molecule has 1 N–H and O–H groups in total. The molecule has 120 valence electrons. The van der Waals surface area contributed by atoms with Crippen molar-refractivity contribution in [3.8, 4) is 0 Å². The largest absolute Gasteiger partial charge is 0.316 e. The molecule has 0 spiro atoms. The Morgan fingerprint density at radius 1 is 1.19 bits per heavy atom. The van der Waals surface area contributed by atoms with Crippen molar-refractivity contribution in [1.82, 2.24) is 5.32 Å². The van der Waals surface area contributed by atoms with Gasteiger partial charge in [-0.1, -0.05) is 26.0 Å². The van der Waals surface area contributed by atoms with E-state index in [0.717, 1.165) is 31.5 Å². The first kappa shape index (κ1) is 18.1. The Labute approximate surface area is 127 Å². The molecule has 21 heavy (non-hydrogen) atoms. The summed E-state index contributed by atoms with van der Waals surface area (Å²) in [4.78, 5) is 0. The maximum absolute atomic E-state index is 12.9. The van der Waals surface area contributed by atoms with Gasteiger partial charge in [-0.25, -0.2) is 12.8 Å². The summed E-state index contributed by atoms with van der Waals surface area (Å²) in [6.07, 6.45) is 2.47. The molecule has 0 aliphatic heterocycles. The van der Waals surface area contributed by atoms with Gasteiger partial charge < -0.3 is 5.32 Å². The van der Waals surface area contributed by atoms with Crippen LogP contribution in [0.1, 0.15) is 32.3 Å². The van der Waals surface area contributed by atoms with Gasteiger partial charge in [0.25, 0.3) is 0 Å². The lowest BCUT2D eigenvalue weighted by Crippen LogP contribution is -2.27. The van der Waals surface area contributed by atoms with Crippen molar-refractivity contribution in [1.29, 1.82) is 0 Å². The molecule has 5 heteroatoms. The van der Waals surface area contributed by atoms with E-state index in [1.165, 1.54) is 12.1 Å². The van der Waals surface area contributed by atoms with Gasteiger partial charge >= 0.3 is 0 Å². The third-order valence-electron chi connectivity index (χ3n) is 3.57. The number of benzene rings is 1. The van der Waals surface area contributed by atoms with Crippen LogP contribution in [0, 0.1) is 11.7 Å². The second-order valence-electron chi connectivity index (χ2n) is 5.43. The summed E-state index contributed by atoms with van der Waals surface area (Å²) in [6, 6.07) is 6.45. The fourth-order valence-corrected chi connectivity index (χ4v) is 3.18. The van der Waals surface area contributed by atoms with E-state index in [0.29, 0.717) is 6.42 Å². The summed E-state index contributed by atoms with van der Waals surface area (Å²) in [5.41, 5.74) is 1.05. The van der Waals surface area contributed by atoms with E-state index in [1.54, 1.807) is 19.1 Å². The van der Waals surface area contributed by atoms with Gasteiger partial charge in [0, 0.05) is 5.75 Å². The molecule has 0 fully saturated rings. The molecule has 1 atom stereocenters. The zero-order valence-electron chi connectivity index (χ0n) is 12.9. The number of halogens is 1. The van der Waals surface area contributed by atoms with Crippen LogP contribution in [0.15, 0.2) is 24.3 Å². The summed E-state index contributed by atoms with van der Waals surface area (Å²) in [7, 11) is -2.93. The van der Waals surface area contributed by atoms with Gasteiger partial charge in [0.05, 0.1) is 5.75 Å². The molecule has 1 unspecified atom stereocenters. The second kappa shape index (κ2) is 9.15.